The van der Waals surface area contributed by atoms with E-state index in [9.17, 15) is 25.9 Å². The van der Waals surface area contributed by atoms with Gasteiger partial charge in [0.05, 0.1) is 10.5 Å². The molecule has 3 rings (SSSR count). The topological polar surface area (TPSA) is 115 Å². The van der Waals surface area contributed by atoms with Gasteiger partial charge in [-0.3, -0.25) is 9.11 Å². The highest BCUT2D eigenvalue weighted by atomic mass is 32.2. The summed E-state index contributed by atoms with van der Waals surface area (Å²) >= 11 is 0. The van der Waals surface area contributed by atoms with Gasteiger partial charge in [-0.05, 0) is 63.6 Å². The van der Waals surface area contributed by atoms with Gasteiger partial charge < -0.3 is 4.90 Å². The van der Waals surface area contributed by atoms with Gasteiger partial charge in [-0.25, -0.2) is 4.58 Å². The molecule has 0 aromatic heterocycles. The third-order valence-electron chi connectivity index (χ3n) is 6.36. The minimum absolute atomic E-state index is 0.116. The minimum Gasteiger partial charge on any atom is -0.372 e. The van der Waals surface area contributed by atoms with Crippen LogP contribution in [0.5, 0.6) is 0 Å². The van der Waals surface area contributed by atoms with Crippen LogP contribution in [0.25, 0.3) is 5.57 Å². The average molecular weight is 546 g/mol. The highest BCUT2D eigenvalue weighted by Crippen LogP contribution is 2.36. The van der Waals surface area contributed by atoms with Crippen molar-refractivity contribution in [3.05, 3.63) is 83.5 Å². The Labute approximate surface area is 219 Å². The lowest BCUT2D eigenvalue weighted by molar-refractivity contribution is -0.519. The molecule has 0 spiro atoms. The number of hydrogen-bond donors (Lipinski definition) is 2. The first-order valence-electron chi connectivity index (χ1n) is 12.1. The van der Waals surface area contributed by atoms with Gasteiger partial charge in [-0.15, -0.1) is 0 Å². The molecule has 2 aromatic carbocycles. The molecule has 0 saturated heterocycles. The first-order valence-corrected chi connectivity index (χ1v) is 15.0. The van der Waals surface area contributed by atoms with Crippen molar-refractivity contribution in [3.8, 4) is 0 Å². The van der Waals surface area contributed by atoms with Crippen molar-refractivity contribution in [2.75, 3.05) is 31.1 Å². The third-order valence-corrected chi connectivity index (χ3v) is 8.10. The quantitative estimate of drug-likeness (QED) is 0.353. The number of nitrogens with zero attached hydrogens (tertiary/aromatic N) is 2. The van der Waals surface area contributed by atoms with Crippen molar-refractivity contribution in [1.29, 1.82) is 0 Å². The van der Waals surface area contributed by atoms with Crippen molar-refractivity contribution < 1.29 is 30.5 Å². The molecule has 37 heavy (non-hydrogen) atoms. The Morgan fingerprint density at radius 2 is 1.41 bits per heavy atom. The Bertz CT molecular complexity index is 1490. The standard InChI is InChI=1S/C27H32N2O6S2/c1-5-28(6-2)21-15-13-20(14-16-21)27(23-11-9-10-12-25(23)29(7-3)8-4)24-18-17-22(36(30,31)32)19-26(24)37(33,34)35/h9-19H,5-8H2,1-4H3,(H-,30,31,32,33,34,35)/p+1. The van der Waals surface area contributed by atoms with Crippen LogP contribution in [-0.2, 0) is 20.2 Å². The fourth-order valence-electron chi connectivity index (χ4n) is 4.49. The molecule has 0 amide bonds. The van der Waals surface area contributed by atoms with E-state index in [1.165, 1.54) is 6.07 Å². The molecule has 0 saturated carbocycles. The van der Waals surface area contributed by atoms with Gasteiger partial charge in [-0.1, -0.05) is 30.4 Å². The molecule has 0 bridgehead atoms. The fraction of sp³-hybridized carbons (Fsp3) is 0.296. The molecule has 1 aliphatic rings. The van der Waals surface area contributed by atoms with Gasteiger partial charge in [0, 0.05) is 36.0 Å². The first kappa shape index (κ1) is 28.5. The van der Waals surface area contributed by atoms with Gasteiger partial charge >= 0.3 is 0 Å². The van der Waals surface area contributed by atoms with Crippen LogP contribution >= 0.6 is 0 Å². The maximum Gasteiger partial charge on any atom is 0.295 e. The highest BCUT2D eigenvalue weighted by molar-refractivity contribution is 7.86. The number of benzene rings is 2. The van der Waals surface area contributed by atoms with Crippen LogP contribution in [0.3, 0.4) is 0 Å². The second-order valence-electron chi connectivity index (χ2n) is 8.39. The van der Waals surface area contributed by atoms with Crippen molar-refractivity contribution in [3.63, 3.8) is 0 Å². The van der Waals surface area contributed by atoms with Crippen LogP contribution < -0.4 is 4.90 Å². The largest absolute Gasteiger partial charge is 0.372 e. The second kappa shape index (κ2) is 11.6. The molecule has 10 heteroatoms. The van der Waals surface area contributed by atoms with Crippen LogP contribution in [-0.4, -0.2) is 62.4 Å². The zero-order valence-corrected chi connectivity index (χ0v) is 23.1. The van der Waals surface area contributed by atoms with E-state index >= 15 is 0 Å². The molecule has 0 atom stereocenters. The van der Waals surface area contributed by atoms with Gasteiger partial charge in [0.25, 0.3) is 20.2 Å². The van der Waals surface area contributed by atoms with E-state index in [1.54, 1.807) is 0 Å². The Morgan fingerprint density at radius 1 is 0.811 bits per heavy atom. The maximum atomic E-state index is 12.5. The summed E-state index contributed by atoms with van der Waals surface area (Å²) in [4.78, 5) is 0.939. The molecule has 2 aromatic rings. The number of hydrogen-bond acceptors (Lipinski definition) is 5. The lowest BCUT2D eigenvalue weighted by atomic mass is 9.88. The minimum atomic E-state index is -4.87. The van der Waals surface area contributed by atoms with Crippen molar-refractivity contribution >= 4 is 37.2 Å². The maximum absolute atomic E-state index is 12.5. The van der Waals surface area contributed by atoms with Crippen LogP contribution in [0.15, 0.2) is 82.1 Å². The van der Waals surface area contributed by atoms with Gasteiger partial charge in [-0.2, -0.15) is 16.8 Å². The lowest BCUT2D eigenvalue weighted by Crippen LogP contribution is -2.23. The van der Waals surface area contributed by atoms with Crippen LogP contribution in [0.1, 0.15) is 38.8 Å². The highest BCUT2D eigenvalue weighted by Gasteiger charge is 2.28. The van der Waals surface area contributed by atoms with Crippen LogP contribution in [0.2, 0.25) is 0 Å². The van der Waals surface area contributed by atoms with Gasteiger partial charge in [0.2, 0.25) is 5.71 Å². The Hall–Kier alpha value is -3.05. The van der Waals surface area contributed by atoms with Gasteiger partial charge in [0.1, 0.15) is 18.0 Å². The number of anilines is 1. The van der Waals surface area contributed by atoms with E-state index in [0.29, 0.717) is 29.8 Å². The van der Waals surface area contributed by atoms with Gasteiger partial charge in [0.15, 0.2) is 0 Å². The van der Waals surface area contributed by atoms with E-state index in [1.807, 2.05) is 62.4 Å². The number of rotatable bonds is 9. The second-order valence-corrected chi connectivity index (χ2v) is 11.2. The predicted molar refractivity (Wildman–Crippen MR) is 147 cm³/mol. The zero-order valence-electron chi connectivity index (χ0n) is 21.4. The normalized spacial score (nSPS) is 15.1. The van der Waals surface area contributed by atoms with E-state index in [2.05, 4.69) is 23.3 Å². The zero-order chi connectivity index (χ0) is 27.4. The third kappa shape index (κ3) is 6.27. The molecular weight excluding hydrogens is 512 g/mol. The first-order chi connectivity index (χ1) is 17.5. The lowest BCUT2D eigenvalue weighted by Gasteiger charge is -2.22. The molecule has 2 N–H and O–H groups in total. The summed E-state index contributed by atoms with van der Waals surface area (Å²) in [5, 5.41) is 0. The summed E-state index contributed by atoms with van der Waals surface area (Å²) in [5.74, 6) is 0. The summed E-state index contributed by atoms with van der Waals surface area (Å²) in [5.41, 5.74) is 3.87. The van der Waals surface area contributed by atoms with Crippen molar-refractivity contribution in [1.82, 2.24) is 0 Å². The number of allylic oxidation sites excluding steroid dienone is 5. The summed E-state index contributed by atoms with van der Waals surface area (Å²) in [6.07, 6.45) is 7.54. The molecule has 0 heterocycles. The molecule has 1 aliphatic carbocycles. The Balaban J connectivity index is 2.46. The van der Waals surface area contributed by atoms with E-state index in [4.69, 9.17) is 0 Å². The average Bonchev–Trinajstić information content (AvgIpc) is 2.86. The van der Waals surface area contributed by atoms with Crippen molar-refractivity contribution in [2.45, 2.75) is 37.5 Å². The summed E-state index contributed by atoms with van der Waals surface area (Å²) < 4.78 is 70.3. The van der Waals surface area contributed by atoms with E-state index in [0.717, 1.165) is 36.6 Å². The Kier molecular flexibility index (Phi) is 8.91. The van der Waals surface area contributed by atoms with E-state index in [-0.39, 0.29) is 5.56 Å². The monoisotopic (exact) mass is 545 g/mol. The molecular formula is C27H33N2O6S2+. The molecule has 0 unspecified atom stereocenters. The van der Waals surface area contributed by atoms with Crippen LogP contribution in [0.4, 0.5) is 5.69 Å². The Morgan fingerprint density at radius 3 is 1.92 bits per heavy atom. The SMILES string of the molecule is CCN(CC)c1ccc(C(=C2C=CC=CC2=[N+](CC)CC)c2ccc(S(=O)(=O)O)cc2S(=O)(=O)O)cc1. The summed E-state index contributed by atoms with van der Waals surface area (Å²) in [6, 6.07) is 10.9. The van der Waals surface area contributed by atoms with Crippen LogP contribution in [0, 0.1) is 0 Å². The van der Waals surface area contributed by atoms with Crippen molar-refractivity contribution in [2.24, 2.45) is 0 Å². The summed E-state index contributed by atoms with van der Waals surface area (Å²) in [7, 11) is -9.58. The molecule has 0 aliphatic heterocycles. The molecule has 0 fully saturated rings. The molecule has 198 valence electrons. The fourth-order valence-corrected chi connectivity index (χ4v) is 5.80. The smallest absolute Gasteiger partial charge is 0.295 e. The predicted octanol–water partition coefficient (Wildman–Crippen LogP) is 4.45. The van der Waals surface area contributed by atoms with E-state index < -0.39 is 30.0 Å². The summed E-state index contributed by atoms with van der Waals surface area (Å²) in [6.45, 7) is 11.2. The molecule has 8 nitrogen and oxygen atoms in total. The molecule has 0 radical (unpaired) electrons.